The second-order valence-corrected chi connectivity index (χ2v) is 9.11. The van der Waals surface area contributed by atoms with E-state index in [1.807, 2.05) is 43.3 Å². The minimum absolute atomic E-state index is 0.152. The fourth-order valence-corrected chi connectivity index (χ4v) is 4.40. The number of carbonyl (C=O) groups excluding carboxylic acids is 2. The van der Waals surface area contributed by atoms with Gasteiger partial charge in [0.1, 0.15) is 18.7 Å². The summed E-state index contributed by atoms with van der Waals surface area (Å²) in [5.74, 6) is 0.696. The lowest BCUT2D eigenvalue weighted by molar-refractivity contribution is -0.131. The molecule has 0 aliphatic rings. The first-order valence-corrected chi connectivity index (χ1v) is 12.6. The summed E-state index contributed by atoms with van der Waals surface area (Å²) in [5.41, 5.74) is 0. The van der Waals surface area contributed by atoms with Crippen molar-refractivity contribution in [3.05, 3.63) is 88.4 Å². The number of nitrogens with zero attached hydrogens (tertiary/aromatic N) is 3. The van der Waals surface area contributed by atoms with Crippen molar-refractivity contribution in [3.8, 4) is 11.5 Å². The summed E-state index contributed by atoms with van der Waals surface area (Å²) in [6, 6.07) is 16.4. The van der Waals surface area contributed by atoms with Crippen LogP contribution in [0.1, 0.15) is 20.3 Å². The molecule has 0 N–H and O–H groups in total. The third-order valence-corrected chi connectivity index (χ3v) is 5.84. The summed E-state index contributed by atoms with van der Waals surface area (Å²) in [5, 5.41) is 3.16. The van der Waals surface area contributed by atoms with Crippen LogP contribution in [0.3, 0.4) is 0 Å². The predicted molar refractivity (Wildman–Crippen MR) is 147 cm³/mol. The van der Waals surface area contributed by atoms with Gasteiger partial charge < -0.3 is 14.4 Å². The summed E-state index contributed by atoms with van der Waals surface area (Å²) in [6.45, 7) is 4.69. The molecule has 10 heteroatoms. The molecule has 0 saturated carbocycles. The number of hydrogen-bond acceptors (Lipinski definition) is 5. The molecule has 194 valence electrons. The van der Waals surface area contributed by atoms with Crippen LogP contribution in [0.15, 0.2) is 73.3 Å². The molecule has 4 rings (SSSR count). The Morgan fingerprint density at radius 1 is 1.00 bits per heavy atom. The van der Waals surface area contributed by atoms with Gasteiger partial charge in [0.25, 0.3) is 0 Å². The van der Waals surface area contributed by atoms with Crippen molar-refractivity contribution in [1.29, 1.82) is 0 Å². The highest BCUT2D eigenvalue weighted by molar-refractivity contribution is 6.40. The lowest BCUT2D eigenvalue weighted by Crippen LogP contribution is -2.37. The average molecular weight is 563 g/mol. The standard InChI is InChI=1S/C15H16Cl3N3O2.C12H10O2/c1-2-4-20(15(22)21-5-3-19-10-21)6-7-23-14-12(17)8-11(16)9-13(14)18;1-9(13)14-12-8-4-6-10-5-2-3-7-11(10)12/h3,5,8-10H,2,4,6-7H2,1H3;2-8H,1H3. The Hall–Kier alpha value is -3.26. The summed E-state index contributed by atoms with van der Waals surface area (Å²) in [4.78, 5) is 28.7. The van der Waals surface area contributed by atoms with E-state index >= 15 is 0 Å². The molecule has 1 amide bonds. The van der Waals surface area contributed by atoms with Crippen LogP contribution >= 0.6 is 34.8 Å². The quantitative estimate of drug-likeness (QED) is 0.174. The predicted octanol–water partition coefficient (Wildman–Crippen LogP) is 7.37. The zero-order valence-electron chi connectivity index (χ0n) is 20.4. The van der Waals surface area contributed by atoms with Crippen molar-refractivity contribution >= 4 is 57.6 Å². The molecule has 0 radical (unpaired) electrons. The van der Waals surface area contributed by atoms with Gasteiger partial charge in [0, 0.05) is 36.3 Å². The fourth-order valence-electron chi connectivity index (χ4n) is 3.47. The topological polar surface area (TPSA) is 73.7 Å². The number of halogens is 3. The first kappa shape index (κ1) is 28.3. The Morgan fingerprint density at radius 3 is 2.35 bits per heavy atom. The van der Waals surface area contributed by atoms with Crippen LogP contribution in [0, 0.1) is 0 Å². The second kappa shape index (κ2) is 13.9. The smallest absolute Gasteiger partial charge is 0.329 e. The van der Waals surface area contributed by atoms with E-state index < -0.39 is 0 Å². The molecule has 0 saturated heterocycles. The van der Waals surface area contributed by atoms with Crippen molar-refractivity contribution in [2.45, 2.75) is 20.3 Å². The van der Waals surface area contributed by atoms with Crippen molar-refractivity contribution in [1.82, 2.24) is 14.5 Å². The second-order valence-electron chi connectivity index (χ2n) is 7.86. The van der Waals surface area contributed by atoms with Crippen molar-refractivity contribution in [3.63, 3.8) is 0 Å². The SMILES string of the molecule is CC(=O)Oc1cccc2ccccc12.CCCN(CCOc1c(Cl)cc(Cl)cc1Cl)C(=O)n1ccnc1. The summed E-state index contributed by atoms with van der Waals surface area (Å²) in [7, 11) is 0. The van der Waals surface area contributed by atoms with E-state index in [2.05, 4.69) is 4.98 Å². The maximum atomic E-state index is 12.3. The van der Waals surface area contributed by atoms with Gasteiger partial charge in [-0.2, -0.15) is 0 Å². The fraction of sp³-hybridized carbons (Fsp3) is 0.222. The Bertz CT molecular complexity index is 1320. The van der Waals surface area contributed by atoms with Gasteiger partial charge in [0.2, 0.25) is 0 Å². The molecule has 0 spiro atoms. The first-order chi connectivity index (χ1) is 17.8. The Balaban J connectivity index is 0.000000231. The van der Waals surface area contributed by atoms with Gasteiger partial charge in [-0.15, -0.1) is 0 Å². The number of rotatable bonds is 7. The van der Waals surface area contributed by atoms with Crippen LogP contribution in [0.5, 0.6) is 11.5 Å². The molecular formula is C27H26Cl3N3O4. The number of carbonyl (C=O) groups is 2. The lowest BCUT2D eigenvalue weighted by Gasteiger charge is -2.22. The van der Waals surface area contributed by atoms with Crippen LogP contribution in [0.4, 0.5) is 4.79 Å². The van der Waals surface area contributed by atoms with E-state index in [1.165, 1.54) is 17.8 Å². The maximum absolute atomic E-state index is 12.3. The van der Waals surface area contributed by atoms with Gasteiger partial charge in [-0.05, 0) is 30.0 Å². The van der Waals surface area contributed by atoms with Gasteiger partial charge >= 0.3 is 12.0 Å². The van der Waals surface area contributed by atoms with Crippen molar-refractivity contribution in [2.24, 2.45) is 0 Å². The molecule has 1 heterocycles. The Labute approximate surface area is 230 Å². The summed E-state index contributed by atoms with van der Waals surface area (Å²) in [6.07, 6.45) is 5.48. The number of ether oxygens (including phenoxy) is 2. The zero-order valence-corrected chi connectivity index (χ0v) is 22.6. The van der Waals surface area contributed by atoms with E-state index in [0.29, 0.717) is 39.7 Å². The molecule has 0 aliphatic heterocycles. The van der Waals surface area contributed by atoms with Gasteiger partial charge in [0.05, 0.1) is 16.6 Å². The van der Waals surface area contributed by atoms with E-state index in [0.717, 1.165) is 17.2 Å². The molecule has 3 aromatic carbocycles. The van der Waals surface area contributed by atoms with Crippen molar-refractivity contribution < 1.29 is 19.1 Å². The highest BCUT2D eigenvalue weighted by Crippen LogP contribution is 2.35. The van der Waals surface area contributed by atoms with E-state index in [9.17, 15) is 9.59 Å². The Morgan fingerprint density at radius 2 is 1.70 bits per heavy atom. The molecule has 0 fully saturated rings. The van der Waals surface area contributed by atoms with Crippen LogP contribution in [0.25, 0.3) is 10.8 Å². The van der Waals surface area contributed by atoms with E-state index in [4.69, 9.17) is 44.3 Å². The molecule has 0 bridgehead atoms. The lowest BCUT2D eigenvalue weighted by atomic mass is 10.1. The first-order valence-electron chi connectivity index (χ1n) is 11.5. The zero-order chi connectivity index (χ0) is 26.8. The molecule has 1 aromatic heterocycles. The molecule has 0 aliphatic carbocycles. The number of amides is 1. The minimum atomic E-state index is -0.290. The molecule has 4 aromatic rings. The normalized spacial score (nSPS) is 10.4. The molecule has 37 heavy (non-hydrogen) atoms. The minimum Gasteiger partial charge on any atom is -0.489 e. The number of fused-ring (bicyclic) bond motifs is 1. The monoisotopic (exact) mass is 561 g/mol. The maximum Gasteiger partial charge on any atom is 0.329 e. The molecule has 0 unspecified atom stereocenters. The number of imidazole rings is 1. The van der Waals surface area contributed by atoms with Crippen LogP contribution in [-0.2, 0) is 4.79 Å². The van der Waals surface area contributed by atoms with Crippen molar-refractivity contribution in [2.75, 3.05) is 19.7 Å². The molecule has 7 nitrogen and oxygen atoms in total. The van der Waals surface area contributed by atoms with Crippen LogP contribution in [0.2, 0.25) is 15.1 Å². The van der Waals surface area contributed by atoms with E-state index in [-0.39, 0.29) is 18.6 Å². The number of esters is 1. The molecular weight excluding hydrogens is 537 g/mol. The number of benzene rings is 3. The summed E-state index contributed by atoms with van der Waals surface area (Å²) < 4.78 is 12.1. The van der Waals surface area contributed by atoms with Gasteiger partial charge in [-0.1, -0.05) is 78.1 Å². The summed E-state index contributed by atoms with van der Waals surface area (Å²) >= 11 is 18.0. The third kappa shape index (κ3) is 8.12. The third-order valence-electron chi connectivity index (χ3n) is 5.06. The van der Waals surface area contributed by atoms with Gasteiger partial charge in [-0.25, -0.2) is 9.78 Å². The van der Waals surface area contributed by atoms with Crippen LogP contribution in [-0.4, -0.2) is 46.1 Å². The molecule has 0 atom stereocenters. The average Bonchev–Trinajstić information content (AvgIpc) is 3.40. The number of aromatic nitrogens is 2. The largest absolute Gasteiger partial charge is 0.489 e. The Kier molecular flexibility index (Phi) is 10.6. The highest BCUT2D eigenvalue weighted by Gasteiger charge is 2.15. The van der Waals surface area contributed by atoms with E-state index in [1.54, 1.807) is 35.5 Å². The van der Waals surface area contributed by atoms with Crippen LogP contribution < -0.4 is 9.47 Å². The highest BCUT2D eigenvalue weighted by atomic mass is 35.5. The van der Waals surface area contributed by atoms with Gasteiger partial charge in [-0.3, -0.25) is 9.36 Å². The van der Waals surface area contributed by atoms with Gasteiger partial charge in [0.15, 0.2) is 5.75 Å². The number of hydrogen-bond donors (Lipinski definition) is 0.